The molecule has 0 unspecified atom stereocenters. The van der Waals surface area contributed by atoms with E-state index in [0.29, 0.717) is 41.2 Å². The average molecular weight is 500 g/mol. The Balaban J connectivity index is 1.39. The quantitative estimate of drug-likeness (QED) is 0.398. The van der Waals surface area contributed by atoms with Crippen LogP contribution in [0, 0.1) is 0 Å². The number of para-hydroxylation sites is 1. The number of benzene rings is 3. The number of furan rings is 1. The number of carbonyl (C=O) groups is 2. The number of rotatable bonds is 7. The third-order valence-corrected chi connectivity index (χ3v) is 6.59. The van der Waals surface area contributed by atoms with Crippen molar-refractivity contribution < 1.29 is 23.5 Å². The average Bonchev–Trinajstić information content (AvgIpc) is 3.31. The predicted octanol–water partition coefficient (Wildman–Crippen LogP) is 4.66. The minimum atomic E-state index is -0.456. The third-order valence-electron chi connectivity index (χ3n) is 6.59. The van der Waals surface area contributed by atoms with E-state index in [-0.39, 0.29) is 17.2 Å². The zero-order chi connectivity index (χ0) is 25.8. The number of ether oxygens (including phenoxy) is 2. The molecule has 2 heterocycles. The zero-order valence-corrected chi connectivity index (χ0v) is 20.9. The number of piperazine rings is 1. The van der Waals surface area contributed by atoms with Crippen LogP contribution in [0.4, 0.5) is 5.69 Å². The lowest BCUT2D eigenvalue weighted by atomic mass is 10.1. The highest BCUT2D eigenvalue weighted by Crippen LogP contribution is 2.35. The topological polar surface area (TPSA) is 84.2 Å². The summed E-state index contributed by atoms with van der Waals surface area (Å²) in [6.07, 6.45) is 0. The fraction of sp³-hybridized carbons (Fsp3) is 0.241. The van der Waals surface area contributed by atoms with Crippen molar-refractivity contribution in [2.75, 3.05) is 45.7 Å². The highest BCUT2D eigenvalue weighted by Gasteiger charge is 2.30. The second kappa shape index (κ2) is 10.8. The molecule has 8 nitrogen and oxygen atoms in total. The van der Waals surface area contributed by atoms with E-state index in [1.165, 1.54) is 19.8 Å². The van der Waals surface area contributed by atoms with Gasteiger partial charge in [-0.3, -0.25) is 14.5 Å². The Kier molecular flexibility index (Phi) is 7.09. The van der Waals surface area contributed by atoms with Gasteiger partial charge in [0.05, 0.1) is 14.2 Å². The van der Waals surface area contributed by atoms with Gasteiger partial charge in [0.15, 0.2) is 0 Å². The molecule has 0 bridgehead atoms. The van der Waals surface area contributed by atoms with Gasteiger partial charge in [-0.2, -0.15) is 0 Å². The van der Waals surface area contributed by atoms with Gasteiger partial charge in [-0.1, -0.05) is 48.5 Å². The number of nitrogens with zero attached hydrogens (tertiary/aromatic N) is 2. The Hall–Kier alpha value is -4.30. The Morgan fingerprint density at radius 3 is 2.16 bits per heavy atom. The molecule has 37 heavy (non-hydrogen) atoms. The van der Waals surface area contributed by atoms with Crippen molar-refractivity contribution in [1.29, 1.82) is 0 Å². The second-order valence-electron chi connectivity index (χ2n) is 8.85. The van der Waals surface area contributed by atoms with Gasteiger partial charge in [0.2, 0.25) is 5.76 Å². The lowest BCUT2D eigenvalue weighted by Crippen LogP contribution is -2.48. The highest BCUT2D eigenvalue weighted by molar-refractivity contribution is 6.16. The summed E-state index contributed by atoms with van der Waals surface area (Å²) in [4.78, 5) is 31.2. The molecule has 190 valence electrons. The SMILES string of the molecule is COc1cccc(OC)c1C(=O)Nc1c(C(=O)N2CCN(Cc3ccccc3)CC2)oc2ccccc12. The van der Waals surface area contributed by atoms with Gasteiger partial charge in [-0.05, 0) is 29.8 Å². The molecule has 2 amide bonds. The van der Waals surface area contributed by atoms with Crippen LogP contribution in [-0.2, 0) is 6.54 Å². The largest absolute Gasteiger partial charge is 0.496 e. The fourth-order valence-electron chi connectivity index (χ4n) is 4.67. The molecule has 1 saturated heterocycles. The maximum atomic E-state index is 13.6. The maximum absolute atomic E-state index is 13.6. The molecule has 0 atom stereocenters. The number of amides is 2. The molecular weight excluding hydrogens is 470 g/mol. The summed E-state index contributed by atoms with van der Waals surface area (Å²) >= 11 is 0. The number of hydrogen-bond donors (Lipinski definition) is 1. The number of carbonyl (C=O) groups excluding carboxylic acids is 2. The molecule has 1 aliphatic rings. The molecule has 8 heteroatoms. The van der Waals surface area contributed by atoms with Crippen molar-refractivity contribution in [3.05, 3.63) is 89.7 Å². The molecule has 4 aromatic rings. The standard InChI is InChI=1S/C29H29N3O5/c1-35-23-13-8-14-24(36-2)25(23)28(33)30-26-21-11-6-7-12-22(21)37-27(26)29(34)32-17-15-31(16-18-32)19-20-9-4-3-5-10-20/h3-14H,15-19H2,1-2H3,(H,30,33). The van der Waals surface area contributed by atoms with E-state index in [4.69, 9.17) is 13.9 Å². The first-order valence-corrected chi connectivity index (χ1v) is 12.2. The highest BCUT2D eigenvalue weighted by atomic mass is 16.5. The minimum absolute atomic E-state index is 0.111. The smallest absolute Gasteiger partial charge is 0.291 e. The summed E-state index contributed by atoms with van der Waals surface area (Å²) in [7, 11) is 2.98. The second-order valence-corrected chi connectivity index (χ2v) is 8.85. The summed E-state index contributed by atoms with van der Waals surface area (Å²) in [6, 6.07) is 22.7. The number of methoxy groups -OCH3 is 2. The predicted molar refractivity (Wildman–Crippen MR) is 141 cm³/mol. The first-order valence-electron chi connectivity index (χ1n) is 12.2. The van der Waals surface area contributed by atoms with Crippen LogP contribution < -0.4 is 14.8 Å². The van der Waals surface area contributed by atoms with Gasteiger partial charge < -0.3 is 24.1 Å². The first kappa shape index (κ1) is 24.4. The van der Waals surface area contributed by atoms with Crippen LogP contribution in [0.3, 0.4) is 0 Å². The summed E-state index contributed by atoms with van der Waals surface area (Å²) in [5, 5.41) is 3.56. The van der Waals surface area contributed by atoms with E-state index in [0.717, 1.165) is 19.6 Å². The molecule has 1 N–H and O–H groups in total. The summed E-state index contributed by atoms with van der Waals surface area (Å²) in [5.74, 6) is 0.138. The molecule has 0 spiro atoms. The van der Waals surface area contributed by atoms with Gasteiger partial charge in [0.25, 0.3) is 11.8 Å². The first-order chi connectivity index (χ1) is 18.1. The summed E-state index contributed by atoms with van der Waals surface area (Å²) in [6.45, 7) is 3.48. The van der Waals surface area contributed by atoms with E-state index >= 15 is 0 Å². The normalized spacial score (nSPS) is 13.9. The number of nitrogens with one attached hydrogen (secondary N) is 1. The monoisotopic (exact) mass is 499 g/mol. The van der Waals surface area contributed by atoms with Crippen molar-refractivity contribution >= 4 is 28.5 Å². The maximum Gasteiger partial charge on any atom is 0.291 e. The number of anilines is 1. The molecule has 1 aliphatic heterocycles. The molecule has 0 radical (unpaired) electrons. The number of fused-ring (bicyclic) bond motifs is 1. The Morgan fingerprint density at radius 2 is 1.49 bits per heavy atom. The van der Waals surface area contributed by atoms with Gasteiger partial charge in [-0.15, -0.1) is 0 Å². The van der Waals surface area contributed by atoms with E-state index in [2.05, 4.69) is 22.3 Å². The van der Waals surface area contributed by atoms with Crippen LogP contribution in [0.2, 0.25) is 0 Å². The lowest BCUT2D eigenvalue weighted by Gasteiger charge is -2.34. The molecule has 1 aromatic heterocycles. The minimum Gasteiger partial charge on any atom is -0.496 e. The molecule has 0 saturated carbocycles. The van der Waals surface area contributed by atoms with Gasteiger partial charge >= 0.3 is 0 Å². The Labute approximate surface area is 215 Å². The van der Waals surface area contributed by atoms with Crippen LogP contribution in [0.1, 0.15) is 26.5 Å². The third kappa shape index (κ3) is 5.01. The van der Waals surface area contributed by atoms with Crippen molar-refractivity contribution in [1.82, 2.24) is 9.80 Å². The summed E-state index contributed by atoms with van der Waals surface area (Å²) in [5.41, 5.74) is 2.35. The molecule has 1 fully saturated rings. The van der Waals surface area contributed by atoms with Crippen LogP contribution in [0.25, 0.3) is 11.0 Å². The van der Waals surface area contributed by atoms with Crippen LogP contribution in [0.15, 0.2) is 77.2 Å². The molecular formula is C29H29N3O5. The van der Waals surface area contributed by atoms with Crippen molar-refractivity contribution in [2.24, 2.45) is 0 Å². The van der Waals surface area contributed by atoms with E-state index in [1.54, 1.807) is 29.2 Å². The van der Waals surface area contributed by atoms with E-state index < -0.39 is 5.91 Å². The van der Waals surface area contributed by atoms with Crippen LogP contribution >= 0.6 is 0 Å². The lowest BCUT2D eigenvalue weighted by molar-refractivity contribution is 0.0601. The van der Waals surface area contributed by atoms with Crippen molar-refractivity contribution in [3.63, 3.8) is 0 Å². The fourth-order valence-corrected chi connectivity index (χ4v) is 4.67. The summed E-state index contributed by atoms with van der Waals surface area (Å²) < 4.78 is 16.8. The molecule has 0 aliphatic carbocycles. The van der Waals surface area contributed by atoms with Gasteiger partial charge in [-0.25, -0.2) is 0 Å². The molecule has 5 rings (SSSR count). The molecule has 3 aromatic carbocycles. The zero-order valence-electron chi connectivity index (χ0n) is 20.9. The van der Waals surface area contributed by atoms with E-state index in [9.17, 15) is 9.59 Å². The Morgan fingerprint density at radius 1 is 0.838 bits per heavy atom. The van der Waals surface area contributed by atoms with Gasteiger partial charge in [0.1, 0.15) is 28.3 Å². The van der Waals surface area contributed by atoms with Crippen molar-refractivity contribution in [2.45, 2.75) is 6.54 Å². The van der Waals surface area contributed by atoms with Crippen molar-refractivity contribution in [3.8, 4) is 11.5 Å². The Bertz CT molecular complexity index is 1390. The van der Waals surface area contributed by atoms with Gasteiger partial charge in [0, 0.05) is 38.1 Å². The van der Waals surface area contributed by atoms with E-state index in [1.807, 2.05) is 36.4 Å². The van der Waals surface area contributed by atoms with Crippen LogP contribution in [0.5, 0.6) is 11.5 Å². The van der Waals surface area contributed by atoms with Crippen LogP contribution in [-0.4, -0.2) is 62.0 Å². The number of hydrogen-bond acceptors (Lipinski definition) is 6.